The molecule has 0 aliphatic heterocycles. The molecule has 3 nitrogen and oxygen atoms in total. The van der Waals surface area contributed by atoms with Crippen molar-refractivity contribution in [3.05, 3.63) is 59.7 Å². The Bertz CT molecular complexity index is 736. The normalized spacial score (nSPS) is 12.6. The average Bonchev–Trinajstić information content (AvgIpc) is 2.55. The molecule has 0 aromatic heterocycles. The maximum Gasteiger partial charge on any atom is 0.265 e. The number of benzene rings is 2. The first-order valence-corrected chi connectivity index (χ1v) is 8.24. The third kappa shape index (κ3) is 5.02. The van der Waals surface area contributed by atoms with Gasteiger partial charge in [0.1, 0.15) is 5.75 Å². The molecule has 0 heterocycles. The number of nitrogens with one attached hydrogen (secondary N) is 1. The standard InChI is InChI=1S/C20H23F2NO2/c1-5-18(19(24)23-14-8-11-16(21)17(22)12-14)25-15-9-6-13(7-10-15)20(2,3)4/h6-12,18H,5H2,1-4H3,(H,23,24)/t18-/m1/s1. The predicted octanol–water partition coefficient (Wildman–Crippen LogP) is 5.06. The van der Waals surface area contributed by atoms with E-state index in [-0.39, 0.29) is 11.1 Å². The van der Waals surface area contributed by atoms with Crippen molar-refractivity contribution in [1.82, 2.24) is 0 Å². The summed E-state index contributed by atoms with van der Waals surface area (Å²) in [5.74, 6) is -1.79. The summed E-state index contributed by atoms with van der Waals surface area (Å²) in [7, 11) is 0. The molecular formula is C20H23F2NO2. The minimum atomic E-state index is -1.01. The maximum absolute atomic E-state index is 13.2. The molecule has 0 saturated carbocycles. The van der Waals surface area contributed by atoms with Crippen molar-refractivity contribution in [2.45, 2.75) is 45.6 Å². The summed E-state index contributed by atoms with van der Waals surface area (Å²) in [5, 5.41) is 2.55. The number of ether oxygens (including phenoxy) is 1. The number of carbonyl (C=O) groups is 1. The van der Waals surface area contributed by atoms with Crippen LogP contribution in [0.4, 0.5) is 14.5 Å². The zero-order valence-electron chi connectivity index (χ0n) is 14.9. The molecule has 25 heavy (non-hydrogen) atoms. The van der Waals surface area contributed by atoms with Crippen molar-refractivity contribution in [1.29, 1.82) is 0 Å². The average molecular weight is 347 g/mol. The minimum absolute atomic E-state index is 0.0344. The molecule has 134 valence electrons. The molecule has 0 saturated heterocycles. The fraction of sp³-hybridized carbons (Fsp3) is 0.350. The van der Waals surface area contributed by atoms with Gasteiger partial charge in [-0.05, 0) is 41.7 Å². The first-order chi connectivity index (χ1) is 11.7. The second-order valence-corrected chi connectivity index (χ2v) is 6.91. The van der Waals surface area contributed by atoms with Crippen LogP contribution in [0.5, 0.6) is 5.75 Å². The van der Waals surface area contributed by atoms with Crippen LogP contribution in [0.15, 0.2) is 42.5 Å². The van der Waals surface area contributed by atoms with E-state index in [1.165, 1.54) is 11.6 Å². The fourth-order valence-electron chi connectivity index (χ4n) is 2.32. The summed E-state index contributed by atoms with van der Waals surface area (Å²) in [5.41, 5.74) is 1.39. The summed E-state index contributed by atoms with van der Waals surface area (Å²) in [6, 6.07) is 10.8. The highest BCUT2D eigenvalue weighted by Gasteiger charge is 2.20. The molecule has 0 spiro atoms. The third-order valence-corrected chi connectivity index (χ3v) is 3.85. The van der Waals surface area contributed by atoms with Crippen LogP contribution in [-0.2, 0) is 10.2 Å². The van der Waals surface area contributed by atoms with Crippen molar-refractivity contribution >= 4 is 11.6 Å². The molecule has 0 bridgehead atoms. The molecule has 1 amide bonds. The fourth-order valence-corrected chi connectivity index (χ4v) is 2.32. The number of rotatable bonds is 5. The number of anilines is 1. The van der Waals surface area contributed by atoms with Gasteiger partial charge >= 0.3 is 0 Å². The van der Waals surface area contributed by atoms with Crippen LogP contribution in [0.1, 0.15) is 39.7 Å². The largest absolute Gasteiger partial charge is 0.481 e. The van der Waals surface area contributed by atoms with Gasteiger partial charge in [-0.1, -0.05) is 39.8 Å². The van der Waals surface area contributed by atoms with Crippen LogP contribution in [0.3, 0.4) is 0 Å². The summed E-state index contributed by atoms with van der Waals surface area (Å²) in [6.45, 7) is 8.17. The van der Waals surface area contributed by atoms with Gasteiger partial charge in [0.2, 0.25) is 0 Å². The van der Waals surface area contributed by atoms with Crippen LogP contribution < -0.4 is 10.1 Å². The van der Waals surface area contributed by atoms with Gasteiger partial charge in [-0.2, -0.15) is 0 Å². The summed E-state index contributed by atoms with van der Waals surface area (Å²) in [6.07, 6.45) is -0.287. The Hall–Kier alpha value is -2.43. The highest BCUT2D eigenvalue weighted by molar-refractivity contribution is 5.94. The van der Waals surface area contributed by atoms with Crippen molar-refractivity contribution in [3.63, 3.8) is 0 Å². The highest BCUT2D eigenvalue weighted by atomic mass is 19.2. The lowest BCUT2D eigenvalue weighted by Crippen LogP contribution is -2.32. The van der Waals surface area contributed by atoms with E-state index in [0.29, 0.717) is 12.2 Å². The Morgan fingerprint density at radius 1 is 1.08 bits per heavy atom. The third-order valence-electron chi connectivity index (χ3n) is 3.85. The van der Waals surface area contributed by atoms with Crippen molar-refractivity contribution < 1.29 is 18.3 Å². The molecule has 5 heteroatoms. The van der Waals surface area contributed by atoms with E-state index in [9.17, 15) is 13.6 Å². The Morgan fingerprint density at radius 3 is 2.24 bits per heavy atom. The van der Waals surface area contributed by atoms with Gasteiger partial charge in [0.25, 0.3) is 5.91 Å². The Morgan fingerprint density at radius 2 is 1.72 bits per heavy atom. The van der Waals surface area contributed by atoms with E-state index in [1.54, 1.807) is 0 Å². The first kappa shape index (κ1) is 18.9. The van der Waals surface area contributed by atoms with Crippen LogP contribution >= 0.6 is 0 Å². The lowest BCUT2D eigenvalue weighted by atomic mass is 9.87. The second-order valence-electron chi connectivity index (χ2n) is 6.91. The van der Waals surface area contributed by atoms with Gasteiger partial charge in [0.15, 0.2) is 17.7 Å². The zero-order valence-corrected chi connectivity index (χ0v) is 14.9. The maximum atomic E-state index is 13.2. The Balaban J connectivity index is 2.05. The van der Waals surface area contributed by atoms with Gasteiger partial charge in [-0.3, -0.25) is 4.79 Å². The van der Waals surface area contributed by atoms with E-state index in [0.717, 1.165) is 12.1 Å². The molecule has 1 N–H and O–H groups in total. The Labute approximate surface area is 147 Å². The molecule has 1 atom stereocenters. The van der Waals surface area contributed by atoms with Gasteiger partial charge in [-0.15, -0.1) is 0 Å². The van der Waals surface area contributed by atoms with E-state index in [2.05, 4.69) is 26.1 Å². The molecule has 0 aliphatic rings. The van der Waals surface area contributed by atoms with Crippen molar-refractivity contribution in [2.75, 3.05) is 5.32 Å². The Kier molecular flexibility index (Phi) is 5.77. The second kappa shape index (κ2) is 7.64. The molecule has 0 unspecified atom stereocenters. The lowest BCUT2D eigenvalue weighted by molar-refractivity contribution is -0.122. The predicted molar refractivity (Wildman–Crippen MR) is 94.8 cm³/mol. The van der Waals surface area contributed by atoms with E-state index in [4.69, 9.17) is 4.74 Å². The summed E-state index contributed by atoms with van der Waals surface area (Å²) >= 11 is 0. The highest BCUT2D eigenvalue weighted by Crippen LogP contribution is 2.25. The molecule has 2 aromatic rings. The van der Waals surface area contributed by atoms with Gasteiger partial charge < -0.3 is 10.1 Å². The molecular weight excluding hydrogens is 324 g/mol. The SMILES string of the molecule is CC[C@@H](Oc1ccc(C(C)(C)C)cc1)C(=O)Nc1ccc(F)c(F)c1. The number of carbonyl (C=O) groups excluding carboxylic acids is 1. The molecule has 0 aliphatic carbocycles. The molecule has 2 rings (SSSR count). The van der Waals surface area contributed by atoms with Crippen LogP contribution in [0, 0.1) is 11.6 Å². The van der Waals surface area contributed by atoms with E-state index >= 15 is 0 Å². The van der Waals surface area contributed by atoms with Gasteiger partial charge in [0.05, 0.1) is 0 Å². The zero-order chi connectivity index (χ0) is 18.6. The summed E-state index contributed by atoms with van der Waals surface area (Å²) in [4.78, 5) is 12.3. The summed E-state index contributed by atoms with van der Waals surface area (Å²) < 4.78 is 31.9. The molecule has 0 radical (unpaired) electrons. The van der Waals surface area contributed by atoms with Gasteiger partial charge in [0, 0.05) is 11.8 Å². The van der Waals surface area contributed by atoms with Crippen LogP contribution in [0.2, 0.25) is 0 Å². The number of hydrogen-bond acceptors (Lipinski definition) is 2. The van der Waals surface area contributed by atoms with Crippen LogP contribution in [-0.4, -0.2) is 12.0 Å². The molecule has 2 aromatic carbocycles. The monoisotopic (exact) mass is 347 g/mol. The van der Waals surface area contributed by atoms with Crippen LogP contribution in [0.25, 0.3) is 0 Å². The van der Waals surface area contributed by atoms with E-state index < -0.39 is 23.6 Å². The van der Waals surface area contributed by atoms with E-state index in [1.807, 2.05) is 31.2 Å². The smallest absolute Gasteiger partial charge is 0.265 e. The van der Waals surface area contributed by atoms with Crippen molar-refractivity contribution in [3.8, 4) is 5.75 Å². The molecule has 0 fully saturated rings. The lowest BCUT2D eigenvalue weighted by Gasteiger charge is -2.21. The quantitative estimate of drug-likeness (QED) is 0.821. The number of hydrogen-bond donors (Lipinski definition) is 1. The number of amides is 1. The topological polar surface area (TPSA) is 38.3 Å². The van der Waals surface area contributed by atoms with Crippen molar-refractivity contribution in [2.24, 2.45) is 0 Å². The minimum Gasteiger partial charge on any atom is -0.481 e. The first-order valence-electron chi connectivity index (χ1n) is 8.24. The van der Waals surface area contributed by atoms with Gasteiger partial charge in [-0.25, -0.2) is 8.78 Å². The number of halogens is 2.